The van der Waals surface area contributed by atoms with Crippen LogP contribution in [0.1, 0.15) is 16.7 Å². The second kappa shape index (κ2) is 7.29. The maximum Gasteiger partial charge on any atom is 0.295 e. The predicted molar refractivity (Wildman–Crippen MR) is 95.6 cm³/mol. The number of benzene rings is 2. The molecule has 2 rings (SSSR count). The summed E-state index contributed by atoms with van der Waals surface area (Å²) in [5.74, 6) is -1.00. The van der Waals surface area contributed by atoms with E-state index >= 15 is 0 Å². The number of anilines is 2. The Labute approximate surface area is 145 Å². The van der Waals surface area contributed by atoms with E-state index in [1.807, 2.05) is 32.9 Å². The van der Waals surface area contributed by atoms with Crippen LogP contribution in [0.5, 0.6) is 0 Å². The number of likely N-dealkylation sites (N-methyl/N-ethyl adjacent to an activating group) is 1. The van der Waals surface area contributed by atoms with Crippen molar-refractivity contribution in [1.29, 1.82) is 0 Å². The molecule has 0 heterocycles. The molecule has 2 aromatic carbocycles. The fourth-order valence-electron chi connectivity index (χ4n) is 2.82. The number of carbonyl (C=O) groups is 1. The number of carbonyl (C=O) groups excluding carboxylic acids is 1. The molecule has 0 spiro atoms. The Balaban J connectivity index is 2.18. The lowest BCUT2D eigenvalue weighted by Crippen LogP contribution is -2.31. The van der Waals surface area contributed by atoms with Gasteiger partial charge in [0, 0.05) is 12.7 Å². The first-order valence-electron chi connectivity index (χ1n) is 7.72. The van der Waals surface area contributed by atoms with Gasteiger partial charge in [-0.05, 0) is 44.0 Å². The number of aryl methyl sites for hydroxylation is 3. The van der Waals surface area contributed by atoms with Crippen LogP contribution in [0, 0.1) is 36.7 Å². The van der Waals surface area contributed by atoms with Gasteiger partial charge in [-0.3, -0.25) is 14.9 Å². The summed E-state index contributed by atoms with van der Waals surface area (Å²) in [4.78, 5) is 24.2. The number of halogens is 1. The molecule has 0 aromatic heterocycles. The molecule has 0 atom stereocenters. The fourth-order valence-corrected chi connectivity index (χ4v) is 2.82. The van der Waals surface area contributed by atoms with Gasteiger partial charge in [0.25, 0.3) is 5.69 Å². The van der Waals surface area contributed by atoms with Gasteiger partial charge in [0.2, 0.25) is 5.91 Å². The van der Waals surface area contributed by atoms with Gasteiger partial charge in [-0.2, -0.15) is 0 Å². The molecule has 0 aliphatic rings. The van der Waals surface area contributed by atoms with Crippen LogP contribution in [0.2, 0.25) is 0 Å². The summed E-state index contributed by atoms with van der Waals surface area (Å²) >= 11 is 0. The molecule has 1 N–H and O–H groups in total. The van der Waals surface area contributed by atoms with Crippen LogP contribution in [0.4, 0.5) is 21.5 Å². The normalized spacial score (nSPS) is 10.4. The summed E-state index contributed by atoms with van der Waals surface area (Å²) in [5.41, 5.74) is 3.53. The molecule has 7 heteroatoms. The Kier molecular flexibility index (Phi) is 5.36. The van der Waals surface area contributed by atoms with Gasteiger partial charge in [-0.15, -0.1) is 0 Å². The molecule has 0 radical (unpaired) electrons. The molecule has 1 amide bonds. The molecule has 0 unspecified atom stereocenters. The zero-order valence-corrected chi connectivity index (χ0v) is 14.6. The first-order valence-corrected chi connectivity index (χ1v) is 7.72. The van der Waals surface area contributed by atoms with Crippen LogP contribution < -0.4 is 10.2 Å². The van der Waals surface area contributed by atoms with Crippen LogP contribution >= 0.6 is 0 Å². The Morgan fingerprint density at radius 1 is 1.20 bits per heavy atom. The van der Waals surface area contributed by atoms with Gasteiger partial charge in [0.15, 0.2) is 0 Å². The van der Waals surface area contributed by atoms with E-state index in [0.717, 1.165) is 34.5 Å². The van der Waals surface area contributed by atoms with Crippen molar-refractivity contribution in [3.05, 3.63) is 63.0 Å². The summed E-state index contributed by atoms with van der Waals surface area (Å²) in [6, 6.07) is 7.21. The highest BCUT2D eigenvalue weighted by molar-refractivity contribution is 5.95. The second-order valence-corrected chi connectivity index (χ2v) is 6.07. The average Bonchev–Trinajstić information content (AvgIpc) is 2.50. The van der Waals surface area contributed by atoms with Gasteiger partial charge < -0.3 is 10.2 Å². The highest BCUT2D eigenvalue weighted by atomic mass is 19.1. The Bertz CT molecular complexity index is 813. The molecule has 0 aliphatic heterocycles. The van der Waals surface area contributed by atoms with Gasteiger partial charge >= 0.3 is 0 Å². The summed E-state index contributed by atoms with van der Waals surface area (Å²) in [5, 5.41) is 13.9. The number of hydrogen-bond acceptors (Lipinski definition) is 4. The first kappa shape index (κ1) is 18.4. The molecule has 2 aromatic rings. The van der Waals surface area contributed by atoms with Crippen molar-refractivity contribution in [2.45, 2.75) is 20.8 Å². The zero-order valence-electron chi connectivity index (χ0n) is 14.6. The topological polar surface area (TPSA) is 75.5 Å². The summed E-state index contributed by atoms with van der Waals surface area (Å²) in [6.45, 7) is 5.69. The van der Waals surface area contributed by atoms with Crippen LogP contribution in [0.15, 0.2) is 30.3 Å². The van der Waals surface area contributed by atoms with Crippen molar-refractivity contribution in [3.63, 3.8) is 0 Å². The first-order chi connectivity index (χ1) is 11.7. The monoisotopic (exact) mass is 345 g/mol. The van der Waals surface area contributed by atoms with Gasteiger partial charge in [0.1, 0.15) is 11.5 Å². The highest BCUT2D eigenvalue weighted by Gasteiger charge is 2.20. The van der Waals surface area contributed by atoms with E-state index < -0.39 is 10.7 Å². The quantitative estimate of drug-likeness (QED) is 0.662. The average molecular weight is 345 g/mol. The lowest BCUT2D eigenvalue weighted by Gasteiger charge is -2.20. The van der Waals surface area contributed by atoms with Gasteiger partial charge in [0.05, 0.1) is 17.5 Å². The van der Waals surface area contributed by atoms with E-state index in [-0.39, 0.29) is 23.8 Å². The number of hydrogen-bond donors (Lipinski definition) is 1. The minimum Gasteiger partial charge on any atom is -0.360 e. The van der Waals surface area contributed by atoms with Crippen molar-refractivity contribution in [2.75, 3.05) is 23.8 Å². The predicted octanol–water partition coefficient (Wildman–Crippen LogP) is 3.73. The smallest absolute Gasteiger partial charge is 0.295 e. The van der Waals surface area contributed by atoms with E-state index in [4.69, 9.17) is 0 Å². The van der Waals surface area contributed by atoms with Crippen molar-refractivity contribution in [3.8, 4) is 0 Å². The number of nitro groups is 1. The largest absolute Gasteiger partial charge is 0.360 e. The van der Waals surface area contributed by atoms with Crippen LogP contribution in [-0.4, -0.2) is 24.4 Å². The maximum atomic E-state index is 13.2. The molecular formula is C18H20FN3O3. The number of amides is 1. The molecule has 0 saturated carbocycles. The molecule has 0 saturated heterocycles. The Hall–Kier alpha value is -2.96. The minimum absolute atomic E-state index is 0.0980. The van der Waals surface area contributed by atoms with E-state index in [2.05, 4.69) is 5.32 Å². The fraction of sp³-hybridized carbons (Fsp3) is 0.278. The van der Waals surface area contributed by atoms with Crippen molar-refractivity contribution < 1.29 is 14.1 Å². The van der Waals surface area contributed by atoms with E-state index in [1.165, 1.54) is 11.0 Å². The molecular weight excluding hydrogens is 325 g/mol. The standard InChI is InChI=1S/C18H20FN3O3/c1-11-7-12(2)18(13(3)8-11)20-17(23)10-21(4)15-6-5-14(19)9-16(15)22(24)25/h5-9H,10H2,1-4H3,(H,20,23). The van der Waals surface area contributed by atoms with Crippen LogP contribution in [0.25, 0.3) is 0 Å². The highest BCUT2D eigenvalue weighted by Crippen LogP contribution is 2.28. The SMILES string of the molecule is Cc1cc(C)c(NC(=O)CN(C)c2ccc(F)cc2[N+](=O)[O-])c(C)c1. The van der Waals surface area contributed by atoms with Gasteiger partial charge in [-0.1, -0.05) is 17.7 Å². The minimum atomic E-state index is -0.695. The molecule has 132 valence electrons. The van der Waals surface area contributed by atoms with Crippen LogP contribution in [0.3, 0.4) is 0 Å². The molecule has 0 bridgehead atoms. The molecule has 0 aliphatic carbocycles. The van der Waals surface area contributed by atoms with Crippen molar-refractivity contribution in [2.24, 2.45) is 0 Å². The molecule has 6 nitrogen and oxygen atoms in total. The zero-order chi connectivity index (χ0) is 18.7. The Morgan fingerprint density at radius 3 is 2.36 bits per heavy atom. The van der Waals surface area contributed by atoms with E-state index in [0.29, 0.717) is 0 Å². The van der Waals surface area contributed by atoms with Crippen molar-refractivity contribution in [1.82, 2.24) is 0 Å². The number of rotatable bonds is 5. The number of nitrogens with one attached hydrogen (secondary N) is 1. The summed E-state index contributed by atoms with van der Waals surface area (Å²) in [7, 11) is 1.55. The third kappa shape index (κ3) is 4.32. The third-order valence-electron chi connectivity index (χ3n) is 3.87. The summed E-state index contributed by atoms with van der Waals surface area (Å²) in [6.07, 6.45) is 0. The second-order valence-electron chi connectivity index (χ2n) is 6.07. The lowest BCUT2D eigenvalue weighted by molar-refractivity contribution is -0.384. The van der Waals surface area contributed by atoms with E-state index in [9.17, 15) is 19.3 Å². The summed E-state index contributed by atoms with van der Waals surface area (Å²) < 4.78 is 13.2. The lowest BCUT2D eigenvalue weighted by atomic mass is 10.1. The van der Waals surface area contributed by atoms with Crippen LogP contribution in [-0.2, 0) is 4.79 Å². The third-order valence-corrected chi connectivity index (χ3v) is 3.87. The number of nitrogens with zero attached hydrogens (tertiary/aromatic N) is 2. The molecule has 0 fully saturated rings. The maximum absolute atomic E-state index is 13.2. The molecule has 25 heavy (non-hydrogen) atoms. The number of nitro benzene ring substituents is 1. The van der Waals surface area contributed by atoms with E-state index in [1.54, 1.807) is 7.05 Å². The van der Waals surface area contributed by atoms with Crippen molar-refractivity contribution >= 4 is 23.0 Å². The Morgan fingerprint density at radius 2 is 1.80 bits per heavy atom. The van der Waals surface area contributed by atoms with Gasteiger partial charge in [-0.25, -0.2) is 4.39 Å².